The fourth-order valence-corrected chi connectivity index (χ4v) is 2.84. The molecule has 0 bridgehead atoms. The highest BCUT2D eigenvalue weighted by Crippen LogP contribution is 2.28. The molecule has 0 aliphatic rings. The topological polar surface area (TPSA) is 61.4 Å². The van der Waals surface area contributed by atoms with Gasteiger partial charge in [0.2, 0.25) is 0 Å². The molecule has 0 aliphatic carbocycles. The van der Waals surface area contributed by atoms with Crippen LogP contribution >= 0.6 is 0 Å². The molecular weight excluding hydrogens is 300 g/mol. The van der Waals surface area contributed by atoms with Gasteiger partial charge >= 0.3 is 6.03 Å². The summed E-state index contributed by atoms with van der Waals surface area (Å²) in [5.74, 6) is 0. The van der Waals surface area contributed by atoms with Crippen molar-refractivity contribution >= 4 is 16.8 Å². The number of benzene rings is 3. The second kappa shape index (κ2) is 7.62. The van der Waals surface area contributed by atoms with Crippen molar-refractivity contribution in [1.82, 2.24) is 10.6 Å². The molecule has 0 aliphatic heterocycles. The summed E-state index contributed by atoms with van der Waals surface area (Å²) in [6.45, 7) is 0.139. The number of hydrogen-bond acceptors (Lipinski definition) is 2. The van der Waals surface area contributed by atoms with Gasteiger partial charge < -0.3 is 15.7 Å². The third kappa shape index (κ3) is 3.55. The van der Waals surface area contributed by atoms with Crippen LogP contribution in [0.15, 0.2) is 72.8 Å². The molecule has 3 aromatic rings. The predicted molar refractivity (Wildman–Crippen MR) is 95.9 cm³/mol. The smallest absolute Gasteiger partial charge is 0.315 e. The summed E-state index contributed by atoms with van der Waals surface area (Å²) >= 11 is 0. The number of carbonyl (C=O) groups excluding carboxylic acids is 1. The molecule has 0 saturated carbocycles. The Labute approximate surface area is 141 Å². The van der Waals surface area contributed by atoms with Gasteiger partial charge in [-0.15, -0.1) is 0 Å². The van der Waals surface area contributed by atoms with Crippen molar-refractivity contribution in [3.8, 4) is 0 Å². The average molecular weight is 320 g/mol. The van der Waals surface area contributed by atoms with Gasteiger partial charge in [-0.3, -0.25) is 0 Å². The van der Waals surface area contributed by atoms with E-state index in [-0.39, 0.29) is 25.2 Å². The first-order chi connectivity index (χ1) is 11.8. The highest BCUT2D eigenvalue weighted by molar-refractivity contribution is 5.87. The van der Waals surface area contributed by atoms with Gasteiger partial charge in [0.15, 0.2) is 0 Å². The van der Waals surface area contributed by atoms with E-state index >= 15 is 0 Å². The normalized spacial score (nSPS) is 11.9. The van der Waals surface area contributed by atoms with E-state index in [1.165, 1.54) is 0 Å². The second-order valence-corrected chi connectivity index (χ2v) is 5.54. The van der Waals surface area contributed by atoms with Crippen LogP contribution < -0.4 is 10.6 Å². The van der Waals surface area contributed by atoms with Crippen LogP contribution in [-0.4, -0.2) is 24.3 Å². The van der Waals surface area contributed by atoms with Crippen molar-refractivity contribution in [2.45, 2.75) is 6.04 Å². The Balaban J connectivity index is 2.02. The van der Waals surface area contributed by atoms with Crippen molar-refractivity contribution < 1.29 is 9.90 Å². The molecule has 1 unspecified atom stereocenters. The lowest BCUT2D eigenvalue weighted by Gasteiger charge is -2.21. The second-order valence-electron chi connectivity index (χ2n) is 5.54. The van der Waals surface area contributed by atoms with Gasteiger partial charge in [0.1, 0.15) is 0 Å². The molecule has 122 valence electrons. The van der Waals surface area contributed by atoms with Gasteiger partial charge in [-0.05, 0) is 21.9 Å². The van der Waals surface area contributed by atoms with Crippen molar-refractivity contribution in [3.63, 3.8) is 0 Å². The summed E-state index contributed by atoms with van der Waals surface area (Å²) in [5.41, 5.74) is 2.05. The molecule has 3 aromatic carbocycles. The number of aliphatic hydroxyl groups excluding tert-OH is 1. The molecule has 24 heavy (non-hydrogen) atoms. The van der Waals surface area contributed by atoms with Gasteiger partial charge in [-0.1, -0.05) is 72.8 Å². The largest absolute Gasteiger partial charge is 0.395 e. The quantitative estimate of drug-likeness (QED) is 0.676. The lowest BCUT2D eigenvalue weighted by molar-refractivity contribution is 0.232. The van der Waals surface area contributed by atoms with Gasteiger partial charge in [0.05, 0.1) is 12.6 Å². The van der Waals surface area contributed by atoms with Crippen LogP contribution in [0.5, 0.6) is 0 Å². The molecule has 0 fully saturated rings. The molecular formula is C20H20N2O2. The number of carbonyl (C=O) groups is 1. The average Bonchev–Trinajstić information content (AvgIpc) is 2.65. The van der Waals surface area contributed by atoms with Gasteiger partial charge in [0.25, 0.3) is 0 Å². The van der Waals surface area contributed by atoms with Crippen LogP contribution in [0.25, 0.3) is 10.8 Å². The summed E-state index contributed by atoms with van der Waals surface area (Å²) in [6.07, 6.45) is 0. The van der Waals surface area contributed by atoms with E-state index in [1.54, 1.807) is 0 Å². The summed E-state index contributed by atoms with van der Waals surface area (Å²) < 4.78 is 0. The summed E-state index contributed by atoms with van der Waals surface area (Å²) in [6, 6.07) is 23.5. The number of fused-ring (bicyclic) bond motifs is 1. The Kier molecular flexibility index (Phi) is 5.08. The SMILES string of the molecule is O=C(NCCO)NC(c1ccccc1)c1cccc2ccccc12. The first-order valence-corrected chi connectivity index (χ1v) is 7.97. The molecule has 0 aromatic heterocycles. The first-order valence-electron chi connectivity index (χ1n) is 7.97. The van der Waals surface area contributed by atoms with Crippen LogP contribution in [0.1, 0.15) is 17.2 Å². The molecule has 0 saturated heterocycles. The number of urea groups is 1. The van der Waals surface area contributed by atoms with E-state index in [4.69, 9.17) is 5.11 Å². The Hall–Kier alpha value is -2.85. The highest BCUT2D eigenvalue weighted by atomic mass is 16.3. The zero-order valence-electron chi connectivity index (χ0n) is 13.3. The molecule has 3 N–H and O–H groups in total. The monoisotopic (exact) mass is 320 g/mol. The Morgan fingerprint density at radius 3 is 2.42 bits per heavy atom. The molecule has 0 radical (unpaired) electrons. The van der Waals surface area contributed by atoms with E-state index in [1.807, 2.05) is 54.6 Å². The minimum atomic E-state index is -0.300. The fourth-order valence-electron chi connectivity index (χ4n) is 2.84. The maximum atomic E-state index is 12.2. The number of hydrogen-bond donors (Lipinski definition) is 3. The Morgan fingerprint density at radius 1 is 0.917 bits per heavy atom. The summed E-state index contributed by atoms with van der Waals surface area (Å²) in [4.78, 5) is 12.2. The van der Waals surface area contributed by atoms with E-state index in [0.717, 1.165) is 21.9 Å². The fraction of sp³-hybridized carbons (Fsp3) is 0.150. The Bertz CT molecular complexity index is 813. The molecule has 3 rings (SSSR count). The minimum absolute atomic E-state index is 0.0856. The van der Waals surface area contributed by atoms with E-state index in [2.05, 4.69) is 28.8 Å². The maximum absolute atomic E-state index is 12.2. The molecule has 0 heterocycles. The van der Waals surface area contributed by atoms with Gasteiger partial charge in [-0.2, -0.15) is 0 Å². The van der Waals surface area contributed by atoms with Crippen molar-refractivity contribution in [3.05, 3.63) is 83.9 Å². The number of amides is 2. The third-order valence-corrected chi connectivity index (χ3v) is 3.94. The van der Waals surface area contributed by atoms with Crippen LogP contribution in [0.2, 0.25) is 0 Å². The standard InChI is InChI=1S/C20H20N2O2/c23-14-13-21-20(24)22-19(16-8-2-1-3-9-16)18-12-6-10-15-7-4-5-11-17(15)18/h1-12,19,23H,13-14H2,(H2,21,22,24). The summed E-state index contributed by atoms with van der Waals surface area (Å²) in [7, 11) is 0. The molecule has 1 atom stereocenters. The van der Waals surface area contributed by atoms with Gasteiger partial charge in [-0.25, -0.2) is 4.79 Å². The van der Waals surface area contributed by atoms with E-state index < -0.39 is 0 Å². The third-order valence-electron chi connectivity index (χ3n) is 3.94. The number of nitrogens with one attached hydrogen (secondary N) is 2. The van der Waals surface area contributed by atoms with Gasteiger partial charge in [0, 0.05) is 6.54 Å². The van der Waals surface area contributed by atoms with Crippen molar-refractivity contribution in [1.29, 1.82) is 0 Å². The first kappa shape index (κ1) is 16.0. The Morgan fingerprint density at radius 2 is 1.62 bits per heavy atom. The van der Waals surface area contributed by atoms with Crippen LogP contribution in [-0.2, 0) is 0 Å². The highest BCUT2D eigenvalue weighted by Gasteiger charge is 2.18. The molecule has 0 spiro atoms. The molecule has 4 nitrogen and oxygen atoms in total. The van der Waals surface area contributed by atoms with Crippen LogP contribution in [0, 0.1) is 0 Å². The van der Waals surface area contributed by atoms with E-state index in [0.29, 0.717) is 0 Å². The molecule has 4 heteroatoms. The minimum Gasteiger partial charge on any atom is -0.395 e. The molecule has 2 amide bonds. The lowest BCUT2D eigenvalue weighted by atomic mass is 9.94. The van der Waals surface area contributed by atoms with E-state index in [9.17, 15) is 4.79 Å². The van der Waals surface area contributed by atoms with Crippen molar-refractivity contribution in [2.75, 3.05) is 13.2 Å². The zero-order valence-corrected chi connectivity index (χ0v) is 13.3. The predicted octanol–water partition coefficient (Wildman–Crippen LogP) is 3.22. The van der Waals surface area contributed by atoms with Crippen LogP contribution in [0.4, 0.5) is 4.79 Å². The van der Waals surface area contributed by atoms with Crippen molar-refractivity contribution in [2.24, 2.45) is 0 Å². The number of aliphatic hydroxyl groups is 1. The van der Waals surface area contributed by atoms with Crippen LogP contribution in [0.3, 0.4) is 0 Å². The maximum Gasteiger partial charge on any atom is 0.315 e. The number of rotatable bonds is 5. The zero-order chi connectivity index (χ0) is 16.8. The lowest BCUT2D eigenvalue weighted by Crippen LogP contribution is -2.39. The summed E-state index contributed by atoms with van der Waals surface area (Å²) in [5, 5.41) is 16.8.